The van der Waals surface area contributed by atoms with E-state index in [9.17, 15) is 18.0 Å². The number of hydrogen-bond acceptors (Lipinski definition) is 4. The third-order valence-electron chi connectivity index (χ3n) is 6.03. The van der Waals surface area contributed by atoms with Crippen LogP contribution in [0.15, 0.2) is 36.4 Å². The van der Waals surface area contributed by atoms with E-state index in [1.807, 2.05) is 0 Å². The van der Waals surface area contributed by atoms with Gasteiger partial charge in [0.2, 0.25) is 0 Å². The molecule has 2 N–H and O–H groups in total. The summed E-state index contributed by atoms with van der Waals surface area (Å²) in [6.45, 7) is 0.936. The fourth-order valence-corrected chi connectivity index (χ4v) is 4.42. The lowest BCUT2D eigenvalue weighted by Gasteiger charge is -2.29. The van der Waals surface area contributed by atoms with Gasteiger partial charge in [0.15, 0.2) is 11.5 Å². The maximum Gasteiger partial charge on any atom is 0.416 e. The predicted octanol–water partition coefficient (Wildman–Crippen LogP) is 4.81. The number of carbonyl (C=O) groups is 1. The molecule has 5 rings (SSSR count). The molecule has 0 radical (unpaired) electrons. The first-order chi connectivity index (χ1) is 15.4. The minimum Gasteiger partial charge on any atom is -0.486 e. The molecule has 2 aliphatic rings. The Morgan fingerprint density at radius 2 is 1.88 bits per heavy atom. The van der Waals surface area contributed by atoms with E-state index in [2.05, 4.69) is 15.3 Å². The van der Waals surface area contributed by atoms with Gasteiger partial charge >= 0.3 is 6.18 Å². The van der Waals surface area contributed by atoms with Crippen LogP contribution >= 0.6 is 0 Å². The van der Waals surface area contributed by atoms with Crippen LogP contribution in [0, 0.1) is 0 Å². The zero-order chi connectivity index (χ0) is 22.3. The molecule has 2 heterocycles. The Morgan fingerprint density at radius 3 is 2.69 bits per heavy atom. The van der Waals surface area contributed by atoms with Crippen molar-refractivity contribution in [2.45, 2.75) is 43.8 Å². The lowest BCUT2D eigenvalue weighted by Crippen LogP contribution is -2.38. The Bertz CT molecular complexity index is 1160. The van der Waals surface area contributed by atoms with Gasteiger partial charge in [-0.3, -0.25) is 4.79 Å². The molecule has 6 nitrogen and oxygen atoms in total. The van der Waals surface area contributed by atoms with Gasteiger partial charge in [-0.25, -0.2) is 4.98 Å². The lowest BCUT2D eigenvalue weighted by atomic mass is 9.85. The fraction of sp³-hybridized carbons (Fsp3) is 0.391. The number of fused-ring (bicyclic) bond motifs is 2. The summed E-state index contributed by atoms with van der Waals surface area (Å²) in [5.74, 6) is 1.70. The van der Waals surface area contributed by atoms with Crippen LogP contribution in [0.5, 0.6) is 11.5 Å². The van der Waals surface area contributed by atoms with E-state index in [1.165, 1.54) is 6.07 Å². The number of carbonyl (C=O) groups excluding carboxylic acids is 1. The number of hydrogen-bond donors (Lipinski definition) is 2. The number of aromatic nitrogens is 2. The second-order valence-corrected chi connectivity index (χ2v) is 8.24. The van der Waals surface area contributed by atoms with Gasteiger partial charge in [-0.05, 0) is 55.7 Å². The van der Waals surface area contributed by atoms with Crippen LogP contribution < -0.4 is 14.8 Å². The molecular weight excluding hydrogens is 423 g/mol. The molecule has 1 fully saturated rings. The molecule has 1 aliphatic heterocycles. The number of rotatable bonds is 3. The highest BCUT2D eigenvalue weighted by atomic mass is 19.4. The minimum absolute atomic E-state index is 0.0380. The lowest BCUT2D eigenvalue weighted by molar-refractivity contribution is -0.137. The van der Waals surface area contributed by atoms with Crippen LogP contribution in [0.4, 0.5) is 13.2 Å². The summed E-state index contributed by atoms with van der Waals surface area (Å²) in [4.78, 5) is 20.4. The number of aromatic amines is 1. The van der Waals surface area contributed by atoms with E-state index in [0.29, 0.717) is 53.6 Å². The van der Waals surface area contributed by atoms with Crippen LogP contribution in [-0.4, -0.2) is 35.1 Å². The zero-order valence-electron chi connectivity index (χ0n) is 17.2. The standard InChI is InChI=1S/C23H22F3N3O3/c24-23(25,26)15-5-6-17-18(12-15)29-21(28-17)13-2-1-3-16(10-13)27-22(30)14-4-7-19-20(11-14)32-9-8-31-19/h4-7,11-13,16H,1-3,8-10H2,(H,27,30)(H,28,29)/t13-,16?/m0/s1. The molecule has 1 unspecified atom stereocenters. The third-order valence-corrected chi connectivity index (χ3v) is 6.03. The Hall–Kier alpha value is -3.23. The SMILES string of the molecule is O=C(NC1CCC[C@H](c2nc3ccc(C(F)(F)F)cc3[nH]2)C1)c1ccc2c(c1)OCCO2. The average Bonchev–Trinajstić information content (AvgIpc) is 3.22. The molecule has 1 aliphatic carbocycles. The fourth-order valence-electron chi connectivity index (χ4n) is 4.42. The number of H-pyrrole nitrogens is 1. The zero-order valence-corrected chi connectivity index (χ0v) is 17.2. The van der Waals surface area contributed by atoms with Crippen molar-refractivity contribution in [3.05, 3.63) is 53.3 Å². The van der Waals surface area contributed by atoms with Crippen molar-refractivity contribution < 1.29 is 27.4 Å². The normalized spacial score (nSPS) is 20.8. The summed E-state index contributed by atoms with van der Waals surface area (Å²) in [7, 11) is 0. The maximum atomic E-state index is 13.0. The molecular formula is C23H22F3N3O3. The summed E-state index contributed by atoms with van der Waals surface area (Å²) in [5.41, 5.74) is 0.681. The number of imidazole rings is 1. The second kappa shape index (κ2) is 8.03. The minimum atomic E-state index is -4.40. The molecule has 168 valence electrons. The molecule has 1 amide bonds. The number of nitrogens with zero attached hydrogens (tertiary/aromatic N) is 1. The Kier molecular flexibility index (Phi) is 5.19. The van der Waals surface area contributed by atoms with Gasteiger partial charge in [-0.2, -0.15) is 13.2 Å². The van der Waals surface area contributed by atoms with Gasteiger partial charge in [-0.15, -0.1) is 0 Å². The number of benzene rings is 2. The summed E-state index contributed by atoms with van der Waals surface area (Å²) in [5, 5.41) is 3.08. The molecule has 3 aromatic rings. The number of alkyl halides is 3. The first-order valence-electron chi connectivity index (χ1n) is 10.6. The van der Waals surface area contributed by atoms with Crippen LogP contribution in [0.25, 0.3) is 11.0 Å². The number of halogens is 3. The van der Waals surface area contributed by atoms with Crippen LogP contribution in [0.3, 0.4) is 0 Å². The Balaban J connectivity index is 1.28. The van der Waals surface area contributed by atoms with E-state index in [-0.39, 0.29) is 17.9 Å². The van der Waals surface area contributed by atoms with Crippen LogP contribution in [-0.2, 0) is 6.18 Å². The van der Waals surface area contributed by atoms with Crippen molar-refractivity contribution in [3.63, 3.8) is 0 Å². The first kappa shape index (κ1) is 20.7. The Labute approximate surface area is 182 Å². The quantitative estimate of drug-likeness (QED) is 0.607. The predicted molar refractivity (Wildman–Crippen MR) is 111 cm³/mol. The molecule has 2 atom stereocenters. The second-order valence-electron chi connectivity index (χ2n) is 8.24. The van der Waals surface area contributed by atoms with Crippen molar-refractivity contribution in [2.24, 2.45) is 0 Å². The molecule has 9 heteroatoms. The van der Waals surface area contributed by atoms with E-state index in [4.69, 9.17) is 9.47 Å². The van der Waals surface area contributed by atoms with Gasteiger partial charge in [-0.1, -0.05) is 6.42 Å². The molecule has 2 aromatic carbocycles. The van der Waals surface area contributed by atoms with E-state index >= 15 is 0 Å². The molecule has 1 aromatic heterocycles. The Morgan fingerprint density at radius 1 is 1.06 bits per heavy atom. The van der Waals surface area contributed by atoms with E-state index in [1.54, 1.807) is 18.2 Å². The average molecular weight is 445 g/mol. The molecule has 32 heavy (non-hydrogen) atoms. The molecule has 0 bridgehead atoms. The molecule has 0 saturated heterocycles. The highest BCUT2D eigenvalue weighted by molar-refractivity contribution is 5.95. The van der Waals surface area contributed by atoms with Gasteiger partial charge in [0.25, 0.3) is 5.91 Å². The maximum absolute atomic E-state index is 13.0. The summed E-state index contributed by atoms with van der Waals surface area (Å²) >= 11 is 0. The van der Waals surface area contributed by atoms with E-state index < -0.39 is 11.7 Å². The van der Waals surface area contributed by atoms with Gasteiger partial charge in [0, 0.05) is 17.5 Å². The van der Waals surface area contributed by atoms with Crippen molar-refractivity contribution in [3.8, 4) is 11.5 Å². The highest BCUT2D eigenvalue weighted by Crippen LogP contribution is 2.35. The van der Waals surface area contributed by atoms with E-state index in [0.717, 1.165) is 31.4 Å². The summed E-state index contributed by atoms with van der Waals surface area (Å²) in [6, 6.07) is 8.61. The van der Waals surface area contributed by atoms with Gasteiger partial charge in [0.05, 0.1) is 16.6 Å². The summed E-state index contributed by atoms with van der Waals surface area (Å²) < 4.78 is 50.0. The van der Waals surface area contributed by atoms with Crippen molar-refractivity contribution in [1.82, 2.24) is 15.3 Å². The smallest absolute Gasteiger partial charge is 0.416 e. The largest absolute Gasteiger partial charge is 0.486 e. The number of nitrogens with one attached hydrogen (secondary N) is 2. The van der Waals surface area contributed by atoms with Crippen molar-refractivity contribution in [1.29, 1.82) is 0 Å². The van der Waals surface area contributed by atoms with Gasteiger partial charge < -0.3 is 19.8 Å². The topological polar surface area (TPSA) is 76.2 Å². The first-order valence-corrected chi connectivity index (χ1v) is 10.6. The van der Waals surface area contributed by atoms with Crippen LogP contribution in [0.1, 0.15) is 53.3 Å². The van der Waals surface area contributed by atoms with Crippen LogP contribution in [0.2, 0.25) is 0 Å². The van der Waals surface area contributed by atoms with Gasteiger partial charge in [0.1, 0.15) is 19.0 Å². The molecule has 1 saturated carbocycles. The molecule has 0 spiro atoms. The summed E-state index contributed by atoms with van der Waals surface area (Å²) in [6.07, 6.45) is -1.13. The highest BCUT2D eigenvalue weighted by Gasteiger charge is 2.31. The number of ether oxygens (including phenoxy) is 2. The third kappa shape index (κ3) is 4.11. The monoisotopic (exact) mass is 445 g/mol. The van der Waals surface area contributed by atoms with Crippen molar-refractivity contribution >= 4 is 16.9 Å². The van der Waals surface area contributed by atoms with Crippen molar-refractivity contribution in [2.75, 3.05) is 13.2 Å². The number of amides is 1.